The zero-order valence-electron chi connectivity index (χ0n) is 17.2. The summed E-state index contributed by atoms with van der Waals surface area (Å²) >= 11 is 0. The van der Waals surface area contributed by atoms with Crippen molar-refractivity contribution < 1.29 is 9.18 Å². The molecule has 0 saturated carbocycles. The van der Waals surface area contributed by atoms with Crippen LogP contribution in [-0.4, -0.2) is 55.0 Å². The standard InChI is InChI=1S/C24H30FN3O/c1-19-3-2-12-26(17-19)18-20-4-6-21(7-5-20)24(29)28-15-13-27(14-16-28)23-10-8-22(25)9-11-23/h4-11,19H,2-3,12-18H2,1H3/t19-/m0/s1. The Morgan fingerprint density at radius 1 is 0.966 bits per heavy atom. The number of amides is 1. The number of likely N-dealkylation sites (tertiary alicyclic amines) is 1. The molecule has 2 aromatic carbocycles. The van der Waals surface area contributed by atoms with E-state index in [1.807, 2.05) is 17.0 Å². The summed E-state index contributed by atoms with van der Waals surface area (Å²) < 4.78 is 13.1. The van der Waals surface area contributed by atoms with Crippen LogP contribution in [0, 0.1) is 11.7 Å². The van der Waals surface area contributed by atoms with Crippen LogP contribution in [0.2, 0.25) is 0 Å². The topological polar surface area (TPSA) is 26.8 Å². The van der Waals surface area contributed by atoms with Gasteiger partial charge in [0.05, 0.1) is 0 Å². The Balaban J connectivity index is 1.31. The quantitative estimate of drug-likeness (QED) is 0.782. The van der Waals surface area contributed by atoms with Gasteiger partial charge >= 0.3 is 0 Å². The largest absolute Gasteiger partial charge is 0.368 e. The van der Waals surface area contributed by atoms with Crippen LogP contribution < -0.4 is 4.90 Å². The molecule has 1 atom stereocenters. The summed E-state index contributed by atoms with van der Waals surface area (Å²) in [6.07, 6.45) is 2.61. The highest BCUT2D eigenvalue weighted by Gasteiger charge is 2.22. The van der Waals surface area contributed by atoms with Gasteiger partial charge in [0.25, 0.3) is 5.91 Å². The number of piperidine rings is 1. The van der Waals surface area contributed by atoms with Crippen LogP contribution in [0.1, 0.15) is 35.7 Å². The maximum atomic E-state index is 13.1. The minimum Gasteiger partial charge on any atom is -0.368 e. The van der Waals surface area contributed by atoms with E-state index in [9.17, 15) is 9.18 Å². The average Bonchev–Trinajstić information content (AvgIpc) is 2.75. The average molecular weight is 396 g/mol. The fourth-order valence-electron chi connectivity index (χ4n) is 4.44. The van der Waals surface area contributed by atoms with Gasteiger partial charge in [-0.3, -0.25) is 9.69 Å². The summed E-state index contributed by atoms with van der Waals surface area (Å²) in [6, 6.07) is 14.7. The summed E-state index contributed by atoms with van der Waals surface area (Å²) in [5, 5.41) is 0. The second-order valence-corrected chi connectivity index (χ2v) is 8.44. The van der Waals surface area contributed by atoms with Gasteiger partial charge in [0.2, 0.25) is 0 Å². The Labute approximate surface area is 172 Å². The number of piperazine rings is 1. The highest BCUT2D eigenvalue weighted by Crippen LogP contribution is 2.20. The molecule has 0 radical (unpaired) electrons. The fourth-order valence-corrected chi connectivity index (χ4v) is 4.44. The second-order valence-electron chi connectivity index (χ2n) is 8.44. The molecule has 5 heteroatoms. The Morgan fingerprint density at radius 3 is 2.31 bits per heavy atom. The maximum Gasteiger partial charge on any atom is 0.253 e. The first kappa shape index (κ1) is 19.9. The van der Waals surface area contributed by atoms with Crippen molar-refractivity contribution in [2.24, 2.45) is 5.92 Å². The van der Waals surface area contributed by atoms with Crippen molar-refractivity contribution in [2.45, 2.75) is 26.3 Å². The molecule has 4 rings (SSSR count). The van der Waals surface area contributed by atoms with Crippen LogP contribution in [0.3, 0.4) is 0 Å². The number of hydrogen-bond donors (Lipinski definition) is 0. The van der Waals surface area contributed by atoms with E-state index in [-0.39, 0.29) is 11.7 Å². The lowest BCUT2D eigenvalue weighted by atomic mass is 9.99. The molecule has 29 heavy (non-hydrogen) atoms. The molecule has 4 nitrogen and oxygen atoms in total. The molecule has 0 aromatic heterocycles. The zero-order chi connectivity index (χ0) is 20.2. The molecule has 2 heterocycles. The third-order valence-electron chi connectivity index (χ3n) is 6.11. The monoisotopic (exact) mass is 395 g/mol. The summed E-state index contributed by atoms with van der Waals surface area (Å²) in [5.41, 5.74) is 3.04. The Kier molecular flexibility index (Phi) is 6.14. The zero-order valence-corrected chi connectivity index (χ0v) is 17.2. The van der Waals surface area contributed by atoms with Crippen LogP contribution in [0.15, 0.2) is 48.5 Å². The van der Waals surface area contributed by atoms with Gasteiger partial charge in [-0.2, -0.15) is 0 Å². The van der Waals surface area contributed by atoms with Crippen molar-refractivity contribution in [1.82, 2.24) is 9.80 Å². The highest BCUT2D eigenvalue weighted by atomic mass is 19.1. The summed E-state index contributed by atoms with van der Waals surface area (Å²) in [7, 11) is 0. The molecule has 0 aliphatic carbocycles. The predicted molar refractivity (Wildman–Crippen MR) is 115 cm³/mol. The normalized spacial score (nSPS) is 20.7. The Morgan fingerprint density at radius 2 is 1.66 bits per heavy atom. The van der Waals surface area contributed by atoms with Crippen molar-refractivity contribution >= 4 is 11.6 Å². The van der Waals surface area contributed by atoms with Gasteiger partial charge in [-0.25, -0.2) is 4.39 Å². The Hall–Kier alpha value is -2.40. The highest BCUT2D eigenvalue weighted by molar-refractivity contribution is 5.94. The van der Waals surface area contributed by atoms with Crippen molar-refractivity contribution in [3.05, 3.63) is 65.5 Å². The SMILES string of the molecule is C[C@H]1CCCN(Cc2ccc(C(=O)N3CCN(c4ccc(F)cc4)CC3)cc2)C1. The number of carbonyl (C=O) groups is 1. The van der Waals surface area contributed by atoms with E-state index in [1.54, 1.807) is 12.1 Å². The van der Waals surface area contributed by atoms with Crippen molar-refractivity contribution in [1.29, 1.82) is 0 Å². The summed E-state index contributed by atoms with van der Waals surface area (Å²) in [6.45, 7) is 8.53. The number of anilines is 1. The van der Waals surface area contributed by atoms with E-state index in [0.717, 1.165) is 36.8 Å². The lowest BCUT2D eigenvalue weighted by Gasteiger charge is -2.36. The van der Waals surface area contributed by atoms with Crippen LogP contribution in [0.25, 0.3) is 0 Å². The number of rotatable bonds is 4. The van der Waals surface area contributed by atoms with Gasteiger partial charge in [0.1, 0.15) is 5.82 Å². The van der Waals surface area contributed by atoms with Gasteiger partial charge in [-0.15, -0.1) is 0 Å². The van der Waals surface area contributed by atoms with Gasteiger partial charge in [0.15, 0.2) is 0 Å². The van der Waals surface area contributed by atoms with E-state index in [0.29, 0.717) is 13.1 Å². The molecule has 2 aromatic rings. The molecule has 0 spiro atoms. The van der Waals surface area contributed by atoms with Gasteiger partial charge in [0, 0.05) is 50.5 Å². The molecule has 2 aliphatic rings. The lowest BCUT2D eigenvalue weighted by Crippen LogP contribution is -2.48. The van der Waals surface area contributed by atoms with Crippen LogP contribution in [0.4, 0.5) is 10.1 Å². The van der Waals surface area contributed by atoms with E-state index in [1.165, 1.54) is 43.6 Å². The van der Waals surface area contributed by atoms with Gasteiger partial charge < -0.3 is 9.80 Å². The van der Waals surface area contributed by atoms with Crippen molar-refractivity contribution in [3.8, 4) is 0 Å². The van der Waals surface area contributed by atoms with Crippen molar-refractivity contribution in [3.63, 3.8) is 0 Å². The number of hydrogen-bond acceptors (Lipinski definition) is 3. The lowest BCUT2D eigenvalue weighted by molar-refractivity contribution is 0.0747. The number of benzene rings is 2. The maximum absolute atomic E-state index is 13.1. The molecule has 2 fully saturated rings. The molecule has 154 valence electrons. The Bertz CT molecular complexity index is 813. The first-order chi connectivity index (χ1) is 14.1. The smallest absolute Gasteiger partial charge is 0.253 e. The van der Waals surface area contributed by atoms with Crippen molar-refractivity contribution in [2.75, 3.05) is 44.2 Å². The van der Waals surface area contributed by atoms with Gasteiger partial charge in [-0.1, -0.05) is 19.1 Å². The van der Waals surface area contributed by atoms with Crippen LogP contribution in [-0.2, 0) is 6.54 Å². The summed E-state index contributed by atoms with van der Waals surface area (Å²) in [4.78, 5) is 19.5. The molecule has 0 unspecified atom stereocenters. The molecule has 2 aliphatic heterocycles. The number of nitrogens with zero attached hydrogens (tertiary/aromatic N) is 3. The fraction of sp³-hybridized carbons (Fsp3) is 0.458. The first-order valence-corrected chi connectivity index (χ1v) is 10.7. The minimum atomic E-state index is -0.221. The molecule has 0 bridgehead atoms. The molecule has 2 saturated heterocycles. The molecular weight excluding hydrogens is 365 g/mol. The van der Waals surface area contributed by atoms with E-state index < -0.39 is 0 Å². The van der Waals surface area contributed by atoms with Gasteiger partial charge in [-0.05, 0) is 67.3 Å². The van der Waals surface area contributed by atoms with E-state index >= 15 is 0 Å². The first-order valence-electron chi connectivity index (χ1n) is 10.7. The minimum absolute atomic E-state index is 0.0990. The molecule has 0 N–H and O–H groups in total. The van der Waals surface area contributed by atoms with E-state index in [2.05, 4.69) is 28.9 Å². The molecular formula is C24H30FN3O. The third kappa shape index (κ3) is 4.96. The molecule has 1 amide bonds. The predicted octanol–water partition coefficient (Wildman–Crippen LogP) is 4.02. The van der Waals surface area contributed by atoms with Crippen LogP contribution in [0.5, 0.6) is 0 Å². The second kappa shape index (κ2) is 8.95. The summed E-state index contributed by atoms with van der Waals surface area (Å²) in [5.74, 6) is 0.654. The number of carbonyl (C=O) groups excluding carboxylic acids is 1. The number of halogens is 1. The van der Waals surface area contributed by atoms with E-state index in [4.69, 9.17) is 0 Å². The van der Waals surface area contributed by atoms with Crippen LogP contribution >= 0.6 is 0 Å². The third-order valence-corrected chi connectivity index (χ3v) is 6.11.